The minimum Gasteiger partial charge on any atom is -0.381 e. The van der Waals surface area contributed by atoms with Gasteiger partial charge in [-0.3, -0.25) is 0 Å². The lowest BCUT2D eigenvalue weighted by Crippen LogP contribution is -2.55. The average Bonchev–Trinajstić information content (AvgIpc) is 3.40. The molecule has 0 spiro atoms. The zero-order valence-corrected chi connectivity index (χ0v) is 20.3. The van der Waals surface area contributed by atoms with Crippen molar-refractivity contribution in [1.29, 1.82) is 0 Å². The number of aliphatic hydroxyl groups is 1. The van der Waals surface area contributed by atoms with Gasteiger partial charge in [-0.1, -0.05) is 18.2 Å². The van der Waals surface area contributed by atoms with Crippen LogP contribution in [0.2, 0.25) is 0 Å². The predicted octanol–water partition coefficient (Wildman–Crippen LogP) is 3.87. The molecule has 0 aliphatic carbocycles. The molecule has 3 heterocycles. The average molecular weight is 519 g/mol. The second-order valence-electron chi connectivity index (χ2n) is 8.84. The Balaban J connectivity index is 1.58. The molecular formula is C23H29F3N2O4S2. The normalized spacial score (nSPS) is 22.7. The van der Waals surface area contributed by atoms with Gasteiger partial charge in [0, 0.05) is 44.6 Å². The molecule has 6 nitrogen and oxygen atoms in total. The van der Waals surface area contributed by atoms with Crippen LogP contribution in [0.3, 0.4) is 0 Å². The fourth-order valence-electron chi connectivity index (χ4n) is 4.69. The number of alkyl halides is 3. The summed E-state index contributed by atoms with van der Waals surface area (Å²) < 4.78 is 73.3. The summed E-state index contributed by atoms with van der Waals surface area (Å²) in [5.41, 5.74) is -2.30. The third-order valence-corrected chi connectivity index (χ3v) is 9.98. The number of hydrogen-bond donors (Lipinski definition) is 1. The van der Waals surface area contributed by atoms with Crippen molar-refractivity contribution < 1.29 is 31.4 Å². The Kier molecular flexibility index (Phi) is 7.88. The van der Waals surface area contributed by atoms with E-state index in [0.29, 0.717) is 36.4 Å². The number of ether oxygens (including phenoxy) is 1. The third kappa shape index (κ3) is 5.13. The fraction of sp³-hybridized carbons (Fsp3) is 0.565. The topological polar surface area (TPSA) is 70.1 Å². The molecule has 1 aromatic carbocycles. The van der Waals surface area contributed by atoms with E-state index in [-0.39, 0.29) is 18.2 Å². The number of thiophene rings is 1. The first-order chi connectivity index (χ1) is 16.3. The highest BCUT2D eigenvalue weighted by Crippen LogP contribution is 2.34. The van der Waals surface area contributed by atoms with E-state index in [1.807, 2.05) is 0 Å². The maximum atomic E-state index is 13.2. The number of rotatable bonds is 8. The number of halogens is 3. The molecule has 0 bridgehead atoms. The molecular weight excluding hydrogens is 489 g/mol. The first kappa shape index (κ1) is 25.4. The van der Waals surface area contributed by atoms with Gasteiger partial charge < -0.3 is 14.7 Å². The maximum Gasteiger partial charge on any atom is 0.273 e. The molecule has 4 rings (SSSR count). The Morgan fingerprint density at radius 3 is 2.44 bits per heavy atom. The Bertz CT molecular complexity index is 1030. The van der Waals surface area contributed by atoms with E-state index in [2.05, 4.69) is 4.90 Å². The number of piperazine rings is 1. The highest BCUT2D eigenvalue weighted by atomic mass is 32.2. The van der Waals surface area contributed by atoms with Crippen molar-refractivity contribution in [1.82, 2.24) is 4.31 Å². The summed E-state index contributed by atoms with van der Waals surface area (Å²) in [6, 6.07) is 9.04. The zero-order valence-electron chi connectivity index (χ0n) is 18.7. The fourth-order valence-corrected chi connectivity index (χ4v) is 7.31. The lowest BCUT2D eigenvalue weighted by molar-refractivity contribution is -0.114. The van der Waals surface area contributed by atoms with Gasteiger partial charge in [0.1, 0.15) is 10.9 Å². The number of sulfonamides is 1. The first-order valence-corrected chi connectivity index (χ1v) is 13.6. The van der Waals surface area contributed by atoms with Gasteiger partial charge in [0.05, 0.1) is 0 Å². The van der Waals surface area contributed by atoms with E-state index >= 15 is 0 Å². The van der Waals surface area contributed by atoms with Crippen LogP contribution in [-0.2, 0) is 20.4 Å². The van der Waals surface area contributed by atoms with Crippen LogP contribution in [0.4, 0.5) is 18.9 Å². The molecule has 188 valence electrons. The molecule has 2 aliphatic heterocycles. The van der Waals surface area contributed by atoms with E-state index in [4.69, 9.17) is 4.74 Å². The Hall–Kier alpha value is -1.66. The zero-order chi connectivity index (χ0) is 24.3. The Morgan fingerprint density at radius 1 is 1.15 bits per heavy atom. The van der Waals surface area contributed by atoms with Crippen molar-refractivity contribution in [2.45, 2.75) is 41.5 Å². The summed E-state index contributed by atoms with van der Waals surface area (Å²) in [4.78, 5) is 2.09. The minimum atomic E-state index is -3.59. The van der Waals surface area contributed by atoms with Crippen LogP contribution < -0.4 is 4.90 Å². The molecule has 34 heavy (non-hydrogen) atoms. The molecule has 2 atom stereocenters. The van der Waals surface area contributed by atoms with E-state index < -0.39 is 28.7 Å². The van der Waals surface area contributed by atoms with E-state index in [1.54, 1.807) is 29.6 Å². The molecule has 1 aromatic heterocycles. The van der Waals surface area contributed by atoms with E-state index in [1.165, 1.54) is 27.8 Å². The van der Waals surface area contributed by atoms with Crippen molar-refractivity contribution in [3.05, 3.63) is 47.3 Å². The van der Waals surface area contributed by atoms with Crippen molar-refractivity contribution in [2.24, 2.45) is 5.92 Å². The molecule has 2 aromatic rings. The van der Waals surface area contributed by atoms with Crippen LogP contribution in [0.25, 0.3) is 0 Å². The van der Waals surface area contributed by atoms with Crippen LogP contribution >= 0.6 is 11.3 Å². The highest BCUT2D eigenvalue weighted by molar-refractivity contribution is 7.91. The minimum absolute atomic E-state index is 0.118. The first-order valence-electron chi connectivity index (χ1n) is 11.3. The van der Waals surface area contributed by atoms with Gasteiger partial charge in [0.25, 0.3) is 16.4 Å². The monoisotopic (exact) mass is 518 g/mol. The van der Waals surface area contributed by atoms with Gasteiger partial charge in [-0.05, 0) is 54.3 Å². The third-order valence-electron chi connectivity index (χ3n) is 6.74. The summed E-state index contributed by atoms with van der Waals surface area (Å²) in [6.07, 6.45) is -0.680. The molecule has 0 saturated carbocycles. The maximum absolute atomic E-state index is 13.2. The summed E-state index contributed by atoms with van der Waals surface area (Å²) in [5, 5.41) is 11.8. The van der Waals surface area contributed by atoms with Crippen LogP contribution in [-0.4, -0.2) is 69.8 Å². The molecule has 2 aliphatic rings. The van der Waals surface area contributed by atoms with Crippen molar-refractivity contribution in [2.75, 3.05) is 44.4 Å². The Morgan fingerprint density at radius 2 is 1.85 bits per heavy atom. The van der Waals surface area contributed by atoms with Gasteiger partial charge in [-0.2, -0.15) is 4.31 Å². The lowest BCUT2D eigenvalue weighted by atomic mass is 9.90. The summed E-state index contributed by atoms with van der Waals surface area (Å²) in [6.45, 7) is 0.801. The van der Waals surface area contributed by atoms with Crippen LogP contribution in [0.15, 0.2) is 46.0 Å². The summed E-state index contributed by atoms with van der Waals surface area (Å²) in [5.74, 6) is 0.389. The van der Waals surface area contributed by atoms with Crippen LogP contribution in [0, 0.1) is 5.92 Å². The number of nitrogens with zero attached hydrogens (tertiary/aromatic N) is 2. The van der Waals surface area contributed by atoms with Gasteiger partial charge in [0.15, 0.2) is 5.60 Å². The molecule has 0 amide bonds. The number of anilines is 1. The number of hydrogen-bond acceptors (Lipinski definition) is 6. The van der Waals surface area contributed by atoms with Gasteiger partial charge in [0.2, 0.25) is 0 Å². The molecule has 1 unspecified atom stereocenters. The van der Waals surface area contributed by atoms with Gasteiger partial charge >= 0.3 is 0 Å². The second-order valence-corrected chi connectivity index (χ2v) is 12.0. The highest BCUT2D eigenvalue weighted by Gasteiger charge is 2.40. The van der Waals surface area contributed by atoms with Gasteiger partial charge in [-0.25, -0.2) is 21.6 Å². The molecule has 2 saturated heterocycles. The quantitative estimate of drug-likeness (QED) is 0.575. The van der Waals surface area contributed by atoms with Crippen molar-refractivity contribution in [3.63, 3.8) is 0 Å². The lowest BCUT2D eigenvalue weighted by Gasteiger charge is -2.44. The predicted molar refractivity (Wildman–Crippen MR) is 125 cm³/mol. The molecule has 2 fully saturated rings. The smallest absolute Gasteiger partial charge is 0.273 e. The van der Waals surface area contributed by atoms with Crippen molar-refractivity contribution >= 4 is 27.0 Å². The summed E-state index contributed by atoms with van der Waals surface area (Å²) in [7, 11) is -3.59. The molecule has 11 heteroatoms. The second kappa shape index (κ2) is 10.5. The van der Waals surface area contributed by atoms with Crippen molar-refractivity contribution in [3.8, 4) is 0 Å². The SMILES string of the molecule is O=S(=O)(c1cccs1)N1CCN(c2ccc(C(O)(CF)C(F)F)cc2)[C@@H](CC2CCOCC2)C1. The standard InChI is InChI=1S/C23H29F3N2O4S2/c24-16-23(29,22(25)26)18-3-5-19(6-4-18)28-10-9-27(34(30,31)21-2-1-13-33-21)15-20(28)14-17-7-11-32-12-8-17/h1-6,13,17,20,22,29H,7-12,14-16H2/t20-,23?/m0/s1. The Labute approximate surface area is 202 Å². The van der Waals surface area contributed by atoms with Crippen LogP contribution in [0.5, 0.6) is 0 Å². The largest absolute Gasteiger partial charge is 0.381 e. The van der Waals surface area contributed by atoms with E-state index in [9.17, 15) is 26.7 Å². The molecule has 1 N–H and O–H groups in total. The number of benzene rings is 1. The van der Waals surface area contributed by atoms with Gasteiger partial charge in [-0.15, -0.1) is 11.3 Å². The molecule has 0 radical (unpaired) electrons. The van der Waals surface area contributed by atoms with E-state index in [0.717, 1.165) is 24.9 Å². The summed E-state index contributed by atoms with van der Waals surface area (Å²) >= 11 is 1.19. The van der Waals surface area contributed by atoms with Crippen LogP contribution in [0.1, 0.15) is 24.8 Å².